The van der Waals surface area contributed by atoms with Crippen molar-refractivity contribution in [1.29, 1.82) is 0 Å². The van der Waals surface area contributed by atoms with E-state index in [-0.39, 0.29) is 18.8 Å². The van der Waals surface area contributed by atoms with E-state index < -0.39 is 96.4 Å². The highest BCUT2D eigenvalue weighted by Crippen LogP contribution is 2.60. The lowest BCUT2D eigenvalue weighted by Gasteiger charge is -2.40. The highest BCUT2D eigenvalue weighted by atomic mass is 19.4. The molecular weight excluding hydrogens is 766 g/mol. The third-order valence-electron chi connectivity index (χ3n) is 6.53. The maximum atomic E-state index is 14.7. The average molecular weight is 789 g/mol. The van der Waals surface area contributed by atoms with Crippen LogP contribution in [0.15, 0.2) is 48.5 Å². The fourth-order valence-electron chi connectivity index (χ4n) is 3.88. The fraction of sp³-hybridized carbons (Fsp3) is 0.500. The van der Waals surface area contributed by atoms with Gasteiger partial charge in [-0.25, -0.2) is 9.59 Å². The van der Waals surface area contributed by atoms with E-state index in [2.05, 4.69) is 9.47 Å². The summed E-state index contributed by atoms with van der Waals surface area (Å²) in [6.07, 6.45) is -16.6. The molecule has 0 aliphatic heterocycles. The maximum absolute atomic E-state index is 14.7. The minimum Gasteiger partial charge on any atom is -0.492 e. The van der Waals surface area contributed by atoms with Gasteiger partial charge in [-0.15, -0.1) is 13.2 Å². The number of amides is 1. The number of hydrogen-bond donors (Lipinski definition) is 1. The quantitative estimate of drug-likeness (QED) is 0.162. The summed E-state index contributed by atoms with van der Waals surface area (Å²) in [4.78, 5) is 23.3. The van der Waals surface area contributed by atoms with Crippen molar-refractivity contribution in [1.82, 2.24) is 4.90 Å². The van der Waals surface area contributed by atoms with Crippen molar-refractivity contribution in [2.75, 3.05) is 26.3 Å². The number of aliphatic carboxylic acids is 1. The fourth-order valence-corrected chi connectivity index (χ4v) is 3.88. The average Bonchev–Trinajstić information content (AvgIpc) is 3.00. The zero-order valence-electron chi connectivity index (χ0n) is 25.6. The Kier molecular flexibility index (Phi) is 13.2. The molecule has 52 heavy (non-hydrogen) atoms. The van der Waals surface area contributed by atoms with Gasteiger partial charge in [0.25, 0.3) is 0 Å². The number of ether oxygens (including phenoxy) is 4. The smallest absolute Gasteiger partial charge is 0.492 e. The molecular formula is C28H23F16NO7. The zero-order chi connectivity index (χ0) is 40.1. The van der Waals surface area contributed by atoms with Crippen LogP contribution in [0.25, 0.3) is 0 Å². The second-order valence-corrected chi connectivity index (χ2v) is 10.3. The van der Waals surface area contributed by atoms with Gasteiger partial charge in [-0.1, -0.05) is 12.1 Å². The molecule has 2 rings (SSSR count). The van der Waals surface area contributed by atoms with Gasteiger partial charge < -0.3 is 24.1 Å². The van der Waals surface area contributed by atoms with Crippen LogP contribution in [0.2, 0.25) is 0 Å². The Balaban J connectivity index is 2.38. The van der Waals surface area contributed by atoms with Crippen molar-refractivity contribution in [2.24, 2.45) is 0 Å². The molecule has 1 unspecified atom stereocenters. The van der Waals surface area contributed by atoms with Crippen LogP contribution in [0, 0.1) is 0 Å². The van der Waals surface area contributed by atoms with Crippen molar-refractivity contribution < 1.29 is 104 Å². The largest absolute Gasteiger partial charge is 0.573 e. The first kappa shape index (κ1) is 43.8. The summed E-state index contributed by atoms with van der Waals surface area (Å²) >= 11 is 0. The third kappa shape index (κ3) is 9.93. The molecule has 0 aromatic heterocycles. The topological polar surface area (TPSA) is 94.5 Å². The highest BCUT2D eigenvalue weighted by Gasteiger charge is 2.90. The zero-order valence-corrected chi connectivity index (χ0v) is 25.6. The van der Waals surface area contributed by atoms with Gasteiger partial charge in [0.05, 0.1) is 13.1 Å². The van der Waals surface area contributed by atoms with E-state index >= 15 is 0 Å². The number of carboxylic acid groups (broad SMARTS) is 1. The van der Waals surface area contributed by atoms with Gasteiger partial charge in [-0.05, 0) is 48.9 Å². The minimum absolute atomic E-state index is 0.0277. The van der Waals surface area contributed by atoms with Crippen LogP contribution in [0.3, 0.4) is 0 Å². The lowest BCUT2D eigenvalue weighted by atomic mass is 9.93. The molecule has 1 N–H and O–H groups in total. The summed E-state index contributed by atoms with van der Waals surface area (Å²) in [5.41, 5.74) is 0.334. The Morgan fingerprint density at radius 1 is 0.692 bits per heavy atom. The van der Waals surface area contributed by atoms with E-state index in [1.807, 2.05) is 0 Å². The number of nitrogens with zero attached hydrogens (tertiary/aromatic N) is 1. The van der Waals surface area contributed by atoms with Crippen molar-refractivity contribution in [3.8, 4) is 17.2 Å². The third-order valence-corrected chi connectivity index (χ3v) is 6.53. The van der Waals surface area contributed by atoms with Gasteiger partial charge in [0.2, 0.25) is 0 Å². The molecule has 1 amide bonds. The first-order valence-electron chi connectivity index (χ1n) is 13.8. The minimum atomic E-state index is -8.20. The highest BCUT2D eigenvalue weighted by molar-refractivity contribution is 5.72. The van der Waals surface area contributed by atoms with E-state index in [4.69, 9.17) is 14.6 Å². The summed E-state index contributed by atoms with van der Waals surface area (Å²) < 4.78 is 233. The van der Waals surface area contributed by atoms with Crippen molar-refractivity contribution >= 4 is 12.1 Å². The number of halogens is 16. The molecule has 1 atom stereocenters. The Bertz CT molecular complexity index is 1500. The monoisotopic (exact) mass is 789 g/mol. The molecule has 0 bridgehead atoms. The molecule has 0 fully saturated rings. The SMILES string of the molecule is CCOC(Cc1ccc(OCCN(CC(F)(F)C(F)(F)C(F)(F)C(F)(F)C(F)(F)C(F)(F)F)C(=O)Oc2ccc(OC(F)(F)F)cc2)cc1)C(=O)O. The van der Waals surface area contributed by atoms with Gasteiger partial charge in [0, 0.05) is 13.0 Å². The summed E-state index contributed by atoms with van der Waals surface area (Å²) in [5.74, 6) is -42.1. The molecule has 0 spiro atoms. The Morgan fingerprint density at radius 3 is 1.63 bits per heavy atom. The number of hydrogen-bond acceptors (Lipinski definition) is 6. The number of carbonyl (C=O) groups excluding carboxylic acids is 1. The van der Waals surface area contributed by atoms with E-state index in [0.717, 1.165) is 12.1 Å². The molecule has 8 nitrogen and oxygen atoms in total. The Labute approximate surface area is 280 Å². The molecule has 2 aromatic carbocycles. The number of carboxylic acids is 1. The summed E-state index contributed by atoms with van der Waals surface area (Å²) in [6.45, 7) is -4.08. The lowest BCUT2D eigenvalue weighted by Crippen LogP contribution is -2.71. The standard InChI is InChI=1S/C28H23F16NO7/c1-2-49-19(20(46)47)13-15-3-5-16(6-4-15)50-12-11-45(21(48)51-17-7-9-18(10-8-17)52-28(42,43)44)14-22(29,30)23(31,32)24(33,34)25(35,36)26(37,38)27(39,40)41/h3-10,19H,2,11-14H2,1H3,(H,46,47). The predicted molar refractivity (Wildman–Crippen MR) is 140 cm³/mol. The van der Waals surface area contributed by atoms with Crippen molar-refractivity contribution in [2.45, 2.75) is 61.6 Å². The van der Waals surface area contributed by atoms with Gasteiger partial charge in [0.15, 0.2) is 6.10 Å². The summed E-state index contributed by atoms with van der Waals surface area (Å²) in [5, 5.41) is 9.17. The van der Waals surface area contributed by atoms with Crippen LogP contribution in [-0.4, -0.2) is 96.6 Å². The maximum Gasteiger partial charge on any atom is 0.573 e. The second kappa shape index (κ2) is 15.7. The van der Waals surface area contributed by atoms with E-state index in [0.29, 0.717) is 29.8 Å². The molecule has 0 aliphatic rings. The predicted octanol–water partition coefficient (Wildman–Crippen LogP) is 8.24. The Hall–Kier alpha value is -4.38. The molecule has 0 radical (unpaired) electrons. The number of alkyl halides is 16. The van der Waals surface area contributed by atoms with E-state index in [1.54, 1.807) is 0 Å². The first-order chi connectivity index (χ1) is 23.5. The van der Waals surface area contributed by atoms with E-state index in [9.17, 15) is 79.8 Å². The van der Waals surface area contributed by atoms with E-state index in [1.165, 1.54) is 19.1 Å². The van der Waals surface area contributed by atoms with Crippen LogP contribution in [-0.2, 0) is 16.0 Å². The molecule has 0 saturated heterocycles. The summed E-state index contributed by atoms with van der Waals surface area (Å²) in [7, 11) is 0. The molecule has 0 heterocycles. The summed E-state index contributed by atoms with van der Waals surface area (Å²) in [6, 6.07) is 6.75. The molecule has 2 aromatic rings. The molecule has 0 aliphatic carbocycles. The molecule has 294 valence electrons. The number of carbonyl (C=O) groups is 2. The van der Waals surface area contributed by atoms with Crippen LogP contribution in [0.4, 0.5) is 75.0 Å². The van der Waals surface area contributed by atoms with Crippen LogP contribution < -0.4 is 14.2 Å². The lowest BCUT2D eigenvalue weighted by molar-refractivity contribution is -0.440. The van der Waals surface area contributed by atoms with Gasteiger partial charge in [-0.3, -0.25) is 4.90 Å². The Morgan fingerprint density at radius 2 is 1.17 bits per heavy atom. The van der Waals surface area contributed by atoms with Crippen molar-refractivity contribution in [3.63, 3.8) is 0 Å². The molecule has 0 saturated carbocycles. The normalized spacial score (nSPS) is 14.1. The number of rotatable bonds is 17. The molecule has 24 heteroatoms. The van der Waals surface area contributed by atoms with Crippen LogP contribution in [0.1, 0.15) is 12.5 Å². The van der Waals surface area contributed by atoms with Gasteiger partial charge >= 0.3 is 54.2 Å². The van der Waals surface area contributed by atoms with Crippen molar-refractivity contribution in [3.05, 3.63) is 54.1 Å². The van der Waals surface area contributed by atoms with Gasteiger partial charge in [0.1, 0.15) is 23.9 Å². The second-order valence-electron chi connectivity index (χ2n) is 10.3. The van der Waals surface area contributed by atoms with Gasteiger partial charge in [-0.2, -0.15) is 57.1 Å². The van der Waals surface area contributed by atoms with Crippen LogP contribution in [0.5, 0.6) is 17.2 Å². The number of benzene rings is 2. The first-order valence-corrected chi connectivity index (χ1v) is 13.8. The van der Waals surface area contributed by atoms with Crippen LogP contribution >= 0.6 is 0 Å².